The molecule has 0 saturated carbocycles. The second-order valence-electron chi connectivity index (χ2n) is 4.22. The number of non-ortho nitro benzene ring substituents is 1. The molecule has 0 N–H and O–H groups in total. The van der Waals surface area contributed by atoms with E-state index in [0.717, 1.165) is 11.8 Å². The first-order valence-electron chi connectivity index (χ1n) is 6.05. The first kappa shape index (κ1) is 18.0. The van der Waals surface area contributed by atoms with Crippen LogP contribution in [-0.4, -0.2) is 40.7 Å². The van der Waals surface area contributed by atoms with Gasteiger partial charge in [0.2, 0.25) is 5.91 Å². The Balaban J connectivity index is 2.62. The van der Waals surface area contributed by atoms with Gasteiger partial charge in [0.1, 0.15) is 6.54 Å². The zero-order chi connectivity index (χ0) is 16.8. The fourth-order valence-electron chi connectivity index (χ4n) is 1.53. The number of halogens is 3. The summed E-state index contributed by atoms with van der Waals surface area (Å²) in [6.45, 7) is 1.80. The topological polar surface area (TPSA) is 63.5 Å². The summed E-state index contributed by atoms with van der Waals surface area (Å²) in [6.07, 6.45) is -3.25. The van der Waals surface area contributed by atoms with Gasteiger partial charge in [-0.15, -0.1) is 18.3 Å². The lowest BCUT2D eigenvalue weighted by molar-refractivity contribution is -0.384. The van der Waals surface area contributed by atoms with E-state index < -0.39 is 23.6 Å². The Morgan fingerprint density at radius 2 is 1.95 bits per heavy atom. The van der Waals surface area contributed by atoms with E-state index >= 15 is 0 Å². The van der Waals surface area contributed by atoms with Crippen molar-refractivity contribution < 1.29 is 22.9 Å². The molecule has 0 aliphatic rings. The summed E-state index contributed by atoms with van der Waals surface area (Å²) in [6, 6.07) is 5.42. The maximum atomic E-state index is 12.4. The van der Waals surface area contributed by atoms with E-state index in [2.05, 4.69) is 6.58 Å². The first-order chi connectivity index (χ1) is 10.2. The Bertz CT molecular complexity index is 546. The molecule has 0 bridgehead atoms. The van der Waals surface area contributed by atoms with Gasteiger partial charge in [0.25, 0.3) is 5.69 Å². The molecule has 0 heterocycles. The van der Waals surface area contributed by atoms with Crippen LogP contribution in [0.2, 0.25) is 0 Å². The molecule has 120 valence electrons. The van der Waals surface area contributed by atoms with Crippen LogP contribution in [0.25, 0.3) is 0 Å². The van der Waals surface area contributed by atoms with Crippen LogP contribution in [0.5, 0.6) is 0 Å². The number of carbonyl (C=O) groups is 1. The molecule has 0 atom stereocenters. The fourth-order valence-corrected chi connectivity index (χ4v) is 2.33. The van der Waals surface area contributed by atoms with Crippen molar-refractivity contribution in [1.82, 2.24) is 4.90 Å². The molecule has 0 aliphatic heterocycles. The van der Waals surface area contributed by atoms with Crippen molar-refractivity contribution in [3.63, 3.8) is 0 Å². The summed E-state index contributed by atoms with van der Waals surface area (Å²) in [4.78, 5) is 23.0. The zero-order valence-corrected chi connectivity index (χ0v) is 12.2. The number of amides is 1. The van der Waals surface area contributed by atoms with Crippen molar-refractivity contribution in [2.75, 3.05) is 18.8 Å². The largest absolute Gasteiger partial charge is 0.406 e. The quantitative estimate of drug-likeness (QED) is 0.332. The Kier molecular flexibility index (Phi) is 6.41. The highest BCUT2D eigenvalue weighted by Gasteiger charge is 2.32. The van der Waals surface area contributed by atoms with Gasteiger partial charge in [-0.2, -0.15) is 13.2 Å². The van der Waals surface area contributed by atoms with Crippen LogP contribution in [0.15, 0.2) is 41.8 Å². The number of benzene rings is 1. The molecular formula is C13H13F3N2O3S. The Hall–Kier alpha value is -2.03. The van der Waals surface area contributed by atoms with Gasteiger partial charge in [-0.05, 0) is 12.1 Å². The van der Waals surface area contributed by atoms with Gasteiger partial charge in [0.15, 0.2) is 0 Å². The minimum absolute atomic E-state index is 0.0963. The van der Waals surface area contributed by atoms with E-state index in [1.54, 1.807) is 0 Å². The van der Waals surface area contributed by atoms with Crippen LogP contribution < -0.4 is 0 Å². The maximum Gasteiger partial charge on any atom is 0.406 e. The minimum atomic E-state index is -4.48. The highest BCUT2D eigenvalue weighted by atomic mass is 32.2. The lowest BCUT2D eigenvalue weighted by Gasteiger charge is -2.22. The molecule has 0 radical (unpaired) electrons. The lowest BCUT2D eigenvalue weighted by atomic mass is 10.3. The van der Waals surface area contributed by atoms with E-state index in [1.807, 2.05) is 0 Å². The van der Waals surface area contributed by atoms with Crippen molar-refractivity contribution >= 4 is 23.4 Å². The van der Waals surface area contributed by atoms with Gasteiger partial charge in [-0.25, -0.2) is 0 Å². The molecule has 0 saturated heterocycles. The zero-order valence-electron chi connectivity index (χ0n) is 11.4. The Labute approximate surface area is 128 Å². The number of nitrogens with zero attached hydrogens (tertiary/aromatic N) is 2. The van der Waals surface area contributed by atoms with E-state index in [1.165, 1.54) is 30.3 Å². The lowest BCUT2D eigenvalue weighted by Crippen LogP contribution is -2.40. The smallest absolute Gasteiger partial charge is 0.329 e. The molecular weight excluding hydrogens is 321 g/mol. The van der Waals surface area contributed by atoms with Crippen molar-refractivity contribution in [2.24, 2.45) is 0 Å². The van der Waals surface area contributed by atoms with Crippen LogP contribution in [0, 0.1) is 10.1 Å². The van der Waals surface area contributed by atoms with Crippen LogP contribution in [0.1, 0.15) is 0 Å². The normalized spacial score (nSPS) is 11.0. The predicted molar refractivity (Wildman–Crippen MR) is 76.7 cm³/mol. The predicted octanol–water partition coefficient (Wildman–Crippen LogP) is 3.26. The molecule has 22 heavy (non-hydrogen) atoms. The molecule has 5 nitrogen and oxygen atoms in total. The first-order valence-corrected chi connectivity index (χ1v) is 7.04. The summed E-state index contributed by atoms with van der Waals surface area (Å²) in [7, 11) is 0. The maximum absolute atomic E-state index is 12.4. The molecule has 0 unspecified atom stereocenters. The Morgan fingerprint density at radius 3 is 2.41 bits per heavy atom. The molecule has 0 aliphatic carbocycles. The van der Waals surface area contributed by atoms with Crippen molar-refractivity contribution in [1.29, 1.82) is 0 Å². The molecule has 9 heteroatoms. The summed E-state index contributed by atoms with van der Waals surface area (Å²) >= 11 is 1.01. The van der Waals surface area contributed by atoms with Gasteiger partial charge in [-0.1, -0.05) is 6.08 Å². The number of rotatable bonds is 7. The second-order valence-corrected chi connectivity index (χ2v) is 5.27. The monoisotopic (exact) mass is 334 g/mol. The van der Waals surface area contributed by atoms with Gasteiger partial charge in [0.05, 0.1) is 10.7 Å². The highest BCUT2D eigenvalue weighted by Crippen LogP contribution is 2.23. The number of carbonyl (C=O) groups excluding carboxylic acids is 1. The highest BCUT2D eigenvalue weighted by molar-refractivity contribution is 8.00. The van der Waals surface area contributed by atoms with Crippen molar-refractivity contribution in [3.8, 4) is 0 Å². The third-order valence-electron chi connectivity index (χ3n) is 2.48. The summed E-state index contributed by atoms with van der Waals surface area (Å²) in [5, 5.41) is 10.5. The average molecular weight is 334 g/mol. The average Bonchev–Trinajstić information content (AvgIpc) is 2.43. The summed E-state index contributed by atoms with van der Waals surface area (Å²) in [5.41, 5.74) is -0.0963. The molecule has 0 fully saturated rings. The van der Waals surface area contributed by atoms with Gasteiger partial charge < -0.3 is 4.90 Å². The standard InChI is InChI=1S/C13H13F3N2O3S/c1-2-7-17(9-13(14,15)16)12(19)8-22-11-5-3-10(4-6-11)18(20)21/h2-6H,1,7-9H2. The van der Waals surface area contributed by atoms with E-state index in [4.69, 9.17) is 0 Å². The number of hydrogen-bond acceptors (Lipinski definition) is 4. The van der Waals surface area contributed by atoms with Crippen LogP contribution in [0.3, 0.4) is 0 Å². The third kappa shape index (κ3) is 6.17. The summed E-state index contributed by atoms with van der Waals surface area (Å²) in [5.74, 6) is -0.873. The molecule has 1 amide bonds. The fraction of sp³-hybridized carbons (Fsp3) is 0.308. The van der Waals surface area contributed by atoms with Crippen LogP contribution in [-0.2, 0) is 4.79 Å². The second kappa shape index (κ2) is 7.83. The molecule has 1 aromatic carbocycles. The van der Waals surface area contributed by atoms with Crippen LogP contribution in [0.4, 0.5) is 18.9 Å². The minimum Gasteiger partial charge on any atom is -0.329 e. The Morgan fingerprint density at radius 1 is 1.36 bits per heavy atom. The van der Waals surface area contributed by atoms with E-state index in [-0.39, 0.29) is 18.0 Å². The van der Waals surface area contributed by atoms with Crippen molar-refractivity contribution in [3.05, 3.63) is 47.0 Å². The molecule has 0 spiro atoms. The van der Waals surface area contributed by atoms with E-state index in [9.17, 15) is 28.1 Å². The van der Waals surface area contributed by atoms with Gasteiger partial charge >= 0.3 is 6.18 Å². The number of alkyl halides is 3. The number of hydrogen-bond donors (Lipinski definition) is 0. The summed E-state index contributed by atoms with van der Waals surface area (Å²) < 4.78 is 37.1. The van der Waals surface area contributed by atoms with Crippen molar-refractivity contribution in [2.45, 2.75) is 11.1 Å². The molecule has 1 rings (SSSR count). The molecule has 0 aromatic heterocycles. The number of nitro benzene ring substituents is 1. The molecule has 1 aromatic rings. The van der Waals surface area contributed by atoms with E-state index in [0.29, 0.717) is 9.80 Å². The number of nitro groups is 1. The van der Waals surface area contributed by atoms with Crippen LogP contribution >= 0.6 is 11.8 Å². The van der Waals surface area contributed by atoms with Gasteiger partial charge in [0, 0.05) is 23.6 Å². The number of thioether (sulfide) groups is 1. The third-order valence-corrected chi connectivity index (χ3v) is 3.48. The van der Waals surface area contributed by atoms with Gasteiger partial charge in [-0.3, -0.25) is 14.9 Å². The SMILES string of the molecule is C=CCN(CC(F)(F)F)C(=O)CSc1ccc([N+](=O)[O-])cc1.